The minimum absolute atomic E-state index is 0.0131. The number of carbonyl (C=O) groups excluding carboxylic acids is 2. The van der Waals surface area contributed by atoms with Crippen LogP contribution in [0.2, 0.25) is 0 Å². The summed E-state index contributed by atoms with van der Waals surface area (Å²) in [6.07, 6.45) is 3.21. The molecule has 2 rings (SSSR count). The Hall–Kier alpha value is -2.67. The predicted molar refractivity (Wildman–Crippen MR) is 104 cm³/mol. The van der Waals surface area contributed by atoms with E-state index < -0.39 is 11.9 Å². The molecule has 7 heteroatoms. The van der Waals surface area contributed by atoms with Crippen LogP contribution in [0.15, 0.2) is 42.0 Å². The molecule has 0 aromatic heterocycles. The molecular weight excluding hydrogens is 360 g/mol. The van der Waals surface area contributed by atoms with Gasteiger partial charge in [-0.15, -0.1) is 0 Å². The monoisotopic (exact) mass is 388 g/mol. The van der Waals surface area contributed by atoms with Crippen LogP contribution >= 0.6 is 0 Å². The highest BCUT2D eigenvalue weighted by atomic mass is 16.5. The largest absolute Gasteiger partial charge is 0.480 e. The van der Waals surface area contributed by atoms with Crippen LogP contribution in [0.4, 0.5) is 0 Å². The number of likely N-dealkylation sites (N-methyl/N-ethyl adjacent to an activating group) is 1. The Bertz CT molecular complexity index is 696. The average Bonchev–Trinajstić information content (AvgIpc) is 2.71. The molecule has 0 spiro atoms. The zero-order valence-electron chi connectivity index (χ0n) is 16.2. The van der Waals surface area contributed by atoms with Gasteiger partial charge in [0.15, 0.2) is 0 Å². The van der Waals surface area contributed by atoms with Crippen molar-refractivity contribution in [1.82, 2.24) is 10.2 Å². The molecule has 1 aromatic carbocycles. The highest BCUT2D eigenvalue weighted by molar-refractivity contribution is 5.90. The molecule has 1 fully saturated rings. The molecule has 0 bridgehead atoms. The number of benzene rings is 1. The number of nitrogens with zero attached hydrogens (tertiary/aromatic N) is 1. The summed E-state index contributed by atoms with van der Waals surface area (Å²) in [5.41, 5.74) is 1.41. The smallest absolute Gasteiger partial charge is 0.334 e. The summed E-state index contributed by atoms with van der Waals surface area (Å²) >= 11 is 0. The van der Waals surface area contributed by atoms with E-state index in [1.807, 2.05) is 30.3 Å². The summed E-state index contributed by atoms with van der Waals surface area (Å²) in [4.78, 5) is 37.2. The second-order valence-corrected chi connectivity index (χ2v) is 6.75. The van der Waals surface area contributed by atoms with Crippen molar-refractivity contribution in [2.75, 3.05) is 26.2 Å². The average molecular weight is 388 g/mol. The first-order chi connectivity index (χ1) is 13.5. The number of amides is 1. The molecule has 2 N–H and O–H groups in total. The zero-order chi connectivity index (χ0) is 20.4. The third-order valence-electron chi connectivity index (χ3n) is 4.78. The topological polar surface area (TPSA) is 95.9 Å². The molecule has 0 aliphatic carbocycles. The SMILES string of the molecule is CCN(CC(=O)O)C(=O)CC=C(C(=O)OCc1ccccc1)C1CCNCC1. The van der Waals surface area contributed by atoms with Crippen LogP contribution in [-0.2, 0) is 25.7 Å². The number of hydrogen-bond acceptors (Lipinski definition) is 5. The normalized spacial score (nSPS) is 15.1. The lowest BCUT2D eigenvalue weighted by Crippen LogP contribution is -2.35. The summed E-state index contributed by atoms with van der Waals surface area (Å²) < 4.78 is 5.48. The molecule has 1 aliphatic heterocycles. The molecule has 0 saturated carbocycles. The molecule has 1 aromatic rings. The summed E-state index contributed by atoms with van der Waals surface area (Å²) in [5.74, 6) is -1.75. The number of esters is 1. The van der Waals surface area contributed by atoms with Crippen molar-refractivity contribution in [3.8, 4) is 0 Å². The van der Waals surface area contributed by atoms with Gasteiger partial charge in [0, 0.05) is 18.5 Å². The Morgan fingerprint density at radius 1 is 1.21 bits per heavy atom. The number of carboxylic acid groups (broad SMARTS) is 1. The lowest BCUT2D eigenvalue weighted by molar-refractivity contribution is -0.144. The molecule has 152 valence electrons. The maximum atomic E-state index is 12.7. The summed E-state index contributed by atoms with van der Waals surface area (Å²) in [6, 6.07) is 9.43. The third-order valence-corrected chi connectivity index (χ3v) is 4.78. The highest BCUT2D eigenvalue weighted by Crippen LogP contribution is 2.24. The van der Waals surface area contributed by atoms with Crippen molar-refractivity contribution in [2.45, 2.75) is 32.8 Å². The first kappa shape index (κ1) is 21.6. The maximum Gasteiger partial charge on any atom is 0.334 e. The molecule has 0 radical (unpaired) electrons. The molecule has 1 amide bonds. The molecule has 1 saturated heterocycles. The van der Waals surface area contributed by atoms with Gasteiger partial charge in [0.1, 0.15) is 13.2 Å². The third kappa shape index (κ3) is 6.81. The second kappa shape index (κ2) is 11.2. The number of aliphatic carboxylic acids is 1. The van der Waals surface area contributed by atoms with Gasteiger partial charge < -0.3 is 20.1 Å². The number of carboxylic acids is 1. The van der Waals surface area contributed by atoms with Crippen LogP contribution in [0.25, 0.3) is 0 Å². The van der Waals surface area contributed by atoms with Crippen LogP contribution in [0.1, 0.15) is 31.7 Å². The van der Waals surface area contributed by atoms with Crippen molar-refractivity contribution in [3.05, 3.63) is 47.5 Å². The van der Waals surface area contributed by atoms with E-state index in [4.69, 9.17) is 9.84 Å². The van der Waals surface area contributed by atoms with E-state index >= 15 is 0 Å². The number of rotatable bonds is 9. The fourth-order valence-electron chi connectivity index (χ4n) is 3.22. The molecule has 1 aliphatic rings. The van der Waals surface area contributed by atoms with Gasteiger partial charge in [-0.1, -0.05) is 36.4 Å². The van der Waals surface area contributed by atoms with Crippen molar-refractivity contribution in [1.29, 1.82) is 0 Å². The Balaban J connectivity index is 2.07. The molecule has 28 heavy (non-hydrogen) atoms. The van der Waals surface area contributed by atoms with E-state index in [1.165, 1.54) is 4.90 Å². The van der Waals surface area contributed by atoms with Gasteiger partial charge in [0.25, 0.3) is 0 Å². The second-order valence-electron chi connectivity index (χ2n) is 6.75. The van der Waals surface area contributed by atoms with Gasteiger partial charge in [-0.2, -0.15) is 0 Å². The van der Waals surface area contributed by atoms with E-state index in [0.717, 1.165) is 31.5 Å². The summed E-state index contributed by atoms with van der Waals surface area (Å²) in [5, 5.41) is 12.2. The Morgan fingerprint density at radius 3 is 2.50 bits per heavy atom. The van der Waals surface area contributed by atoms with Crippen molar-refractivity contribution in [2.24, 2.45) is 5.92 Å². The first-order valence-corrected chi connectivity index (χ1v) is 9.62. The van der Waals surface area contributed by atoms with Crippen LogP contribution in [0, 0.1) is 5.92 Å². The predicted octanol–water partition coefficient (Wildman–Crippen LogP) is 1.98. The van der Waals surface area contributed by atoms with Crippen molar-refractivity contribution < 1.29 is 24.2 Å². The Labute approximate surface area is 165 Å². The molecule has 0 atom stereocenters. The van der Waals surface area contributed by atoms with Crippen LogP contribution in [0.5, 0.6) is 0 Å². The molecule has 1 heterocycles. The van der Waals surface area contributed by atoms with Crippen LogP contribution in [-0.4, -0.2) is 54.0 Å². The maximum absolute atomic E-state index is 12.7. The first-order valence-electron chi connectivity index (χ1n) is 9.62. The molecular formula is C21H28N2O5. The Kier molecular flexibility index (Phi) is 8.68. The van der Waals surface area contributed by atoms with Crippen molar-refractivity contribution >= 4 is 17.8 Å². The minimum Gasteiger partial charge on any atom is -0.480 e. The van der Waals surface area contributed by atoms with Gasteiger partial charge in [0.05, 0.1) is 0 Å². The standard InChI is InChI=1S/C21H28N2O5/c1-2-23(14-20(25)26)19(24)9-8-18(17-10-12-22-13-11-17)21(27)28-15-16-6-4-3-5-7-16/h3-8,17,22H,2,9-15H2,1H3,(H,25,26). The lowest BCUT2D eigenvalue weighted by atomic mass is 9.89. The number of nitrogens with one attached hydrogen (secondary N) is 1. The van der Waals surface area contributed by atoms with Gasteiger partial charge in [-0.3, -0.25) is 9.59 Å². The van der Waals surface area contributed by atoms with Crippen LogP contribution < -0.4 is 5.32 Å². The summed E-state index contributed by atoms with van der Waals surface area (Å²) in [7, 11) is 0. The fraction of sp³-hybridized carbons (Fsp3) is 0.476. The number of piperidine rings is 1. The quantitative estimate of drug-likeness (QED) is 0.496. The van der Waals surface area contributed by atoms with Gasteiger partial charge in [0.2, 0.25) is 5.91 Å². The highest BCUT2D eigenvalue weighted by Gasteiger charge is 2.25. The van der Waals surface area contributed by atoms with E-state index in [0.29, 0.717) is 12.1 Å². The van der Waals surface area contributed by atoms with E-state index in [-0.39, 0.29) is 31.4 Å². The number of carbonyl (C=O) groups is 3. The van der Waals surface area contributed by atoms with Gasteiger partial charge >= 0.3 is 11.9 Å². The molecule has 0 unspecified atom stereocenters. The Morgan fingerprint density at radius 2 is 1.89 bits per heavy atom. The number of ether oxygens (including phenoxy) is 1. The minimum atomic E-state index is -1.06. The van der Waals surface area contributed by atoms with Gasteiger partial charge in [-0.25, -0.2) is 4.79 Å². The fourth-order valence-corrected chi connectivity index (χ4v) is 3.22. The van der Waals surface area contributed by atoms with E-state index in [1.54, 1.807) is 13.0 Å². The van der Waals surface area contributed by atoms with Crippen molar-refractivity contribution in [3.63, 3.8) is 0 Å². The zero-order valence-corrected chi connectivity index (χ0v) is 16.2. The molecule has 7 nitrogen and oxygen atoms in total. The summed E-state index contributed by atoms with van der Waals surface area (Å²) in [6.45, 7) is 3.48. The van der Waals surface area contributed by atoms with E-state index in [2.05, 4.69) is 5.32 Å². The lowest BCUT2D eigenvalue weighted by Gasteiger charge is -2.25. The number of hydrogen-bond donors (Lipinski definition) is 2. The van der Waals surface area contributed by atoms with Crippen LogP contribution in [0.3, 0.4) is 0 Å². The van der Waals surface area contributed by atoms with Gasteiger partial charge in [-0.05, 0) is 44.3 Å². The van der Waals surface area contributed by atoms with E-state index in [9.17, 15) is 14.4 Å².